The van der Waals surface area contributed by atoms with Gasteiger partial charge in [-0.25, -0.2) is 0 Å². The van der Waals surface area contributed by atoms with E-state index in [4.69, 9.17) is 4.74 Å². The monoisotopic (exact) mass is 209 g/mol. The number of rotatable bonds is 5. The minimum absolute atomic E-state index is 0.580. The van der Waals surface area contributed by atoms with Crippen LogP contribution in [-0.2, 0) is 18.2 Å². The maximum Gasteiger partial charge on any atom is 0.0619 e. The van der Waals surface area contributed by atoms with Crippen LogP contribution in [0.25, 0.3) is 0 Å². The van der Waals surface area contributed by atoms with E-state index in [-0.39, 0.29) is 0 Å². The standard InChI is InChI=1S/C11H19N3O/c1-14-11(4-7-13-14)5-8-15-9-10-3-2-6-12-10/h4,7,10,12H,2-3,5-6,8-9H2,1H3. The molecule has 1 atom stereocenters. The Bertz CT molecular complexity index is 292. The first-order valence-corrected chi connectivity index (χ1v) is 5.64. The van der Waals surface area contributed by atoms with Crippen molar-refractivity contribution in [2.75, 3.05) is 19.8 Å². The molecular weight excluding hydrogens is 190 g/mol. The molecule has 15 heavy (non-hydrogen) atoms. The van der Waals surface area contributed by atoms with Crippen LogP contribution in [0.15, 0.2) is 12.3 Å². The lowest BCUT2D eigenvalue weighted by Crippen LogP contribution is -2.27. The number of aromatic nitrogens is 2. The number of hydrogen-bond donors (Lipinski definition) is 1. The third kappa shape index (κ3) is 3.04. The van der Waals surface area contributed by atoms with Gasteiger partial charge in [0.25, 0.3) is 0 Å². The Morgan fingerprint density at radius 1 is 1.67 bits per heavy atom. The second-order valence-electron chi connectivity index (χ2n) is 4.06. The molecule has 0 aliphatic carbocycles. The highest BCUT2D eigenvalue weighted by molar-refractivity contribution is 4.99. The maximum atomic E-state index is 5.64. The summed E-state index contributed by atoms with van der Waals surface area (Å²) in [6.45, 7) is 2.78. The first kappa shape index (κ1) is 10.6. The highest BCUT2D eigenvalue weighted by Gasteiger charge is 2.13. The van der Waals surface area contributed by atoms with Crippen LogP contribution in [0.3, 0.4) is 0 Å². The number of hydrogen-bond acceptors (Lipinski definition) is 3. The van der Waals surface area contributed by atoms with Gasteiger partial charge in [0.1, 0.15) is 0 Å². The molecule has 0 radical (unpaired) electrons. The Kier molecular flexibility index (Phi) is 3.75. The fourth-order valence-electron chi connectivity index (χ4n) is 1.95. The van der Waals surface area contributed by atoms with Crippen LogP contribution in [0.4, 0.5) is 0 Å². The maximum absolute atomic E-state index is 5.64. The largest absolute Gasteiger partial charge is 0.379 e. The van der Waals surface area contributed by atoms with E-state index in [1.54, 1.807) is 0 Å². The van der Waals surface area contributed by atoms with E-state index in [0.717, 1.165) is 26.2 Å². The number of nitrogens with one attached hydrogen (secondary N) is 1. The van der Waals surface area contributed by atoms with Crippen LogP contribution < -0.4 is 5.32 Å². The highest BCUT2D eigenvalue weighted by Crippen LogP contribution is 2.05. The Hall–Kier alpha value is -0.870. The summed E-state index contributed by atoms with van der Waals surface area (Å²) in [6, 6.07) is 2.62. The summed E-state index contributed by atoms with van der Waals surface area (Å²) < 4.78 is 7.54. The third-order valence-electron chi connectivity index (χ3n) is 2.91. The molecule has 1 aliphatic rings. The Labute approximate surface area is 90.6 Å². The zero-order chi connectivity index (χ0) is 10.5. The molecule has 1 fully saturated rings. The second kappa shape index (κ2) is 5.28. The molecule has 84 valence electrons. The van der Waals surface area contributed by atoms with Crippen LogP contribution >= 0.6 is 0 Å². The summed E-state index contributed by atoms with van der Waals surface area (Å²) in [4.78, 5) is 0. The summed E-state index contributed by atoms with van der Waals surface area (Å²) in [5.41, 5.74) is 1.23. The summed E-state index contributed by atoms with van der Waals surface area (Å²) in [5.74, 6) is 0. The zero-order valence-corrected chi connectivity index (χ0v) is 9.28. The molecule has 1 N–H and O–H groups in total. The normalized spacial score (nSPS) is 21.0. The van der Waals surface area contributed by atoms with Gasteiger partial charge in [-0.05, 0) is 25.5 Å². The van der Waals surface area contributed by atoms with Gasteiger partial charge in [-0.1, -0.05) is 0 Å². The quantitative estimate of drug-likeness (QED) is 0.727. The van der Waals surface area contributed by atoms with Crippen molar-refractivity contribution in [3.8, 4) is 0 Å². The molecule has 1 saturated heterocycles. The molecule has 1 aromatic heterocycles. The molecule has 2 heterocycles. The fraction of sp³-hybridized carbons (Fsp3) is 0.727. The van der Waals surface area contributed by atoms with Crippen molar-refractivity contribution < 1.29 is 4.74 Å². The van der Waals surface area contributed by atoms with E-state index < -0.39 is 0 Å². The lowest BCUT2D eigenvalue weighted by molar-refractivity contribution is 0.118. The van der Waals surface area contributed by atoms with Crippen LogP contribution in [-0.4, -0.2) is 35.6 Å². The van der Waals surface area contributed by atoms with Gasteiger partial charge in [0.05, 0.1) is 13.2 Å². The van der Waals surface area contributed by atoms with Crippen molar-refractivity contribution in [2.45, 2.75) is 25.3 Å². The van der Waals surface area contributed by atoms with Crippen molar-refractivity contribution in [3.05, 3.63) is 18.0 Å². The van der Waals surface area contributed by atoms with E-state index >= 15 is 0 Å². The van der Waals surface area contributed by atoms with Gasteiger partial charge in [-0.15, -0.1) is 0 Å². The van der Waals surface area contributed by atoms with E-state index in [1.165, 1.54) is 18.5 Å². The lowest BCUT2D eigenvalue weighted by Gasteiger charge is -2.10. The third-order valence-corrected chi connectivity index (χ3v) is 2.91. The number of nitrogens with zero attached hydrogens (tertiary/aromatic N) is 2. The van der Waals surface area contributed by atoms with E-state index in [1.807, 2.05) is 24.0 Å². The average Bonchev–Trinajstić information content (AvgIpc) is 2.85. The summed E-state index contributed by atoms with van der Waals surface area (Å²) >= 11 is 0. The average molecular weight is 209 g/mol. The van der Waals surface area contributed by atoms with Crippen molar-refractivity contribution >= 4 is 0 Å². The predicted molar refractivity (Wildman–Crippen MR) is 58.8 cm³/mol. The molecule has 4 heteroatoms. The predicted octanol–water partition coefficient (Wildman–Crippen LogP) is 0.731. The Balaban J connectivity index is 1.60. The zero-order valence-electron chi connectivity index (χ0n) is 9.28. The Morgan fingerprint density at radius 2 is 2.60 bits per heavy atom. The van der Waals surface area contributed by atoms with Gasteiger partial charge < -0.3 is 10.1 Å². The first-order valence-electron chi connectivity index (χ1n) is 5.64. The molecule has 0 amide bonds. The van der Waals surface area contributed by atoms with Crippen molar-refractivity contribution in [2.24, 2.45) is 7.05 Å². The highest BCUT2D eigenvalue weighted by atomic mass is 16.5. The van der Waals surface area contributed by atoms with Crippen LogP contribution in [0, 0.1) is 0 Å². The topological polar surface area (TPSA) is 39.1 Å². The lowest BCUT2D eigenvalue weighted by atomic mass is 10.2. The molecular formula is C11H19N3O. The number of aryl methyl sites for hydroxylation is 1. The van der Waals surface area contributed by atoms with E-state index in [0.29, 0.717) is 6.04 Å². The minimum Gasteiger partial charge on any atom is -0.379 e. The van der Waals surface area contributed by atoms with Crippen molar-refractivity contribution in [1.82, 2.24) is 15.1 Å². The minimum atomic E-state index is 0.580. The summed E-state index contributed by atoms with van der Waals surface area (Å²) in [7, 11) is 1.97. The van der Waals surface area contributed by atoms with E-state index in [9.17, 15) is 0 Å². The Morgan fingerprint density at radius 3 is 3.27 bits per heavy atom. The molecule has 0 spiro atoms. The van der Waals surface area contributed by atoms with Crippen molar-refractivity contribution in [1.29, 1.82) is 0 Å². The molecule has 1 aliphatic heterocycles. The van der Waals surface area contributed by atoms with Crippen LogP contribution in [0.5, 0.6) is 0 Å². The molecule has 1 aromatic rings. The summed E-state index contributed by atoms with van der Waals surface area (Å²) in [5, 5.41) is 7.54. The second-order valence-corrected chi connectivity index (χ2v) is 4.06. The molecule has 0 bridgehead atoms. The fourth-order valence-corrected chi connectivity index (χ4v) is 1.95. The van der Waals surface area contributed by atoms with Gasteiger partial charge in [0.15, 0.2) is 0 Å². The molecule has 4 nitrogen and oxygen atoms in total. The van der Waals surface area contributed by atoms with Crippen molar-refractivity contribution in [3.63, 3.8) is 0 Å². The van der Waals surface area contributed by atoms with Gasteiger partial charge in [0, 0.05) is 31.4 Å². The molecule has 2 rings (SSSR count). The number of ether oxygens (including phenoxy) is 1. The smallest absolute Gasteiger partial charge is 0.0619 e. The summed E-state index contributed by atoms with van der Waals surface area (Å²) in [6.07, 6.45) is 5.32. The molecule has 0 saturated carbocycles. The molecule has 0 aromatic carbocycles. The molecule has 1 unspecified atom stereocenters. The van der Waals surface area contributed by atoms with Gasteiger partial charge >= 0.3 is 0 Å². The van der Waals surface area contributed by atoms with Gasteiger partial charge in [0.2, 0.25) is 0 Å². The first-order chi connectivity index (χ1) is 7.36. The van der Waals surface area contributed by atoms with Gasteiger partial charge in [-0.3, -0.25) is 4.68 Å². The van der Waals surface area contributed by atoms with E-state index in [2.05, 4.69) is 10.4 Å². The van der Waals surface area contributed by atoms with Gasteiger partial charge in [-0.2, -0.15) is 5.10 Å². The SMILES string of the molecule is Cn1nccc1CCOCC1CCCN1. The van der Waals surface area contributed by atoms with Crippen LogP contribution in [0.2, 0.25) is 0 Å². The van der Waals surface area contributed by atoms with Crippen LogP contribution in [0.1, 0.15) is 18.5 Å².